The van der Waals surface area contributed by atoms with Crippen molar-refractivity contribution in [1.29, 1.82) is 0 Å². The standard InChI is InChI=1S/C18H16ClN3O3S/c1-20-8-2-4-14(20)11-21(12-15-5-3-9-26-15)18(23)16-10-13(22(24)25)6-7-17(16)19/h2-10H,11-12H2,1H3. The highest BCUT2D eigenvalue weighted by atomic mass is 35.5. The first-order valence-electron chi connectivity index (χ1n) is 7.81. The van der Waals surface area contributed by atoms with E-state index in [1.807, 2.05) is 47.5 Å². The van der Waals surface area contributed by atoms with Crippen molar-refractivity contribution < 1.29 is 9.72 Å². The third-order valence-corrected chi connectivity index (χ3v) is 5.20. The second kappa shape index (κ2) is 7.72. The number of benzene rings is 1. The van der Waals surface area contributed by atoms with Gasteiger partial charge in [-0.15, -0.1) is 11.3 Å². The van der Waals surface area contributed by atoms with Crippen LogP contribution in [0.3, 0.4) is 0 Å². The number of hydrogen-bond acceptors (Lipinski definition) is 4. The van der Waals surface area contributed by atoms with Gasteiger partial charge >= 0.3 is 0 Å². The molecule has 0 spiro atoms. The van der Waals surface area contributed by atoms with Gasteiger partial charge in [0, 0.05) is 35.9 Å². The molecule has 0 aliphatic rings. The van der Waals surface area contributed by atoms with Crippen LogP contribution in [0.4, 0.5) is 5.69 Å². The molecular weight excluding hydrogens is 374 g/mol. The summed E-state index contributed by atoms with van der Waals surface area (Å²) in [5.74, 6) is -0.340. The van der Waals surface area contributed by atoms with Crippen LogP contribution in [-0.2, 0) is 20.1 Å². The molecule has 26 heavy (non-hydrogen) atoms. The number of non-ortho nitro benzene ring substituents is 1. The molecule has 0 atom stereocenters. The highest BCUT2D eigenvalue weighted by Crippen LogP contribution is 2.25. The quantitative estimate of drug-likeness (QED) is 0.460. The number of aryl methyl sites for hydroxylation is 1. The lowest BCUT2D eigenvalue weighted by atomic mass is 10.1. The number of carbonyl (C=O) groups excluding carboxylic acids is 1. The number of carbonyl (C=O) groups is 1. The Balaban J connectivity index is 1.95. The van der Waals surface area contributed by atoms with Crippen molar-refractivity contribution in [3.63, 3.8) is 0 Å². The summed E-state index contributed by atoms with van der Waals surface area (Å²) in [4.78, 5) is 26.3. The van der Waals surface area contributed by atoms with Gasteiger partial charge in [-0.05, 0) is 29.6 Å². The predicted molar refractivity (Wildman–Crippen MR) is 101 cm³/mol. The van der Waals surface area contributed by atoms with Crippen LogP contribution in [0.25, 0.3) is 0 Å². The average molecular weight is 390 g/mol. The van der Waals surface area contributed by atoms with E-state index < -0.39 is 4.92 Å². The summed E-state index contributed by atoms with van der Waals surface area (Å²) < 4.78 is 1.93. The van der Waals surface area contributed by atoms with E-state index in [-0.39, 0.29) is 22.2 Å². The molecule has 134 valence electrons. The maximum absolute atomic E-state index is 13.1. The number of amides is 1. The molecule has 1 aromatic carbocycles. The van der Waals surface area contributed by atoms with Gasteiger partial charge < -0.3 is 9.47 Å². The predicted octanol–water partition coefficient (Wildman–Crippen LogP) is 4.49. The Labute approximate surface area is 159 Å². The summed E-state index contributed by atoms with van der Waals surface area (Å²) in [6, 6.07) is 11.6. The van der Waals surface area contributed by atoms with Gasteiger partial charge in [-0.1, -0.05) is 17.7 Å². The van der Waals surface area contributed by atoms with Crippen LogP contribution in [0, 0.1) is 10.1 Å². The van der Waals surface area contributed by atoms with Crippen LogP contribution >= 0.6 is 22.9 Å². The van der Waals surface area contributed by atoms with Crippen molar-refractivity contribution in [2.75, 3.05) is 0 Å². The van der Waals surface area contributed by atoms with E-state index in [9.17, 15) is 14.9 Å². The normalized spacial score (nSPS) is 10.7. The fourth-order valence-electron chi connectivity index (χ4n) is 2.61. The number of nitro benzene ring substituents is 1. The lowest BCUT2D eigenvalue weighted by molar-refractivity contribution is -0.384. The van der Waals surface area contributed by atoms with Gasteiger partial charge in [0.1, 0.15) is 0 Å². The van der Waals surface area contributed by atoms with E-state index in [1.165, 1.54) is 18.2 Å². The van der Waals surface area contributed by atoms with E-state index in [4.69, 9.17) is 11.6 Å². The molecule has 0 aliphatic heterocycles. The highest BCUT2D eigenvalue weighted by Gasteiger charge is 2.22. The number of aromatic nitrogens is 1. The topological polar surface area (TPSA) is 68.4 Å². The van der Waals surface area contributed by atoms with Crippen molar-refractivity contribution in [2.45, 2.75) is 13.1 Å². The molecule has 0 radical (unpaired) electrons. The summed E-state index contributed by atoms with van der Waals surface area (Å²) in [6.07, 6.45) is 1.91. The van der Waals surface area contributed by atoms with Gasteiger partial charge in [-0.3, -0.25) is 14.9 Å². The zero-order valence-electron chi connectivity index (χ0n) is 14.0. The summed E-state index contributed by atoms with van der Waals surface area (Å²) in [5, 5.41) is 13.2. The maximum Gasteiger partial charge on any atom is 0.270 e. The molecule has 3 aromatic rings. The van der Waals surface area contributed by atoms with Crippen molar-refractivity contribution >= 4 is 34.5 Å². The first-order valence-corrected chi connectivity index (χ1v) is 9.07. The molecule has 0 unspecified atom stereocenters. The monoisotopic (exact) mass is 389 g/mol. The Morgan fingerprint density at radius 3 is 2.69 bits per heavy atom. The fourth-order valence-corrected chi connectivity index (χ4v) is 3.53. The summed E-state index contributed by atoms with van der Waals surface area (Å²) in [6.45, 7) is 0.778. The Kier molecular flexibility index (Phi) is 5.39. The first-order chi connectivity index (χ1) is 12.5. The molecule has 0 aliphatic carbocycles. The number of halogens is 1. The van der Waals surface area contributed by atoms with Gasteiger partial charge in [-0.25, -0.2) is 0 Å². The number of nitrogens with zero attached hydrogens (tertiary/aromatic N) is 3. The maximum atomic E-state index is 13.1. The minimum Gasteiger partial charge on any atom is -0.353 e. The third kappa shape index (κ3) is 3.95. The Morgan fingerprint density at radius 1 is 1.27 bits per heavy atom. The largest absolute Gasteiger partial charge is 0.353 e. The molecule has 2 heterocycles. The van der Waals surface area contributed by atoms with Gasteiger partial charge in [-0.2, -0.15) is 0 Å². The minimum absolute atomic E-state index is 0.131. The zero-order valence-corrected chi connectivity index (χ0v) is 15.5. The molecule has 0 N–H and O–H groups in total. The summed E-state index contributed by atoms with van der Waals surface area (Å²) >= 11 is 7.71. The zero-order chi connectivity index (χ0) is 18.7. The Hall–Kier alpha value is -2.64. The Morgan fingerprint density at radius 2 is 2.08 bits per heavy atom. The molecule has 0 bridgehead atoms. The van der Waals surface area contributed by atoms with Crippen molar-refractivity contribution in [1.82, 2.24) is 9.47 Å². The second-order valence-electron chi connectivity index (χ2n) is 5.77. The van der Waals surface area contributed by atoms with E-state index >= 15 is 0 Å². The van der Waals surface area contributed by atoms with Crippen molar-refractivity contribution in [3.8, 4) is 0 Å². The van der Waals surface area contributed by atoms with Gasteiger partial charge in [0.05, 0.1) is 28.6 Å². The van der Waals surface area contributed by atoms with Crippen LogP contribution in [-0.4, -0.2) is 20.3 Å². The van der Waals surface area contributed by atoms with Crippen LogP contribution < -0.4 is 0 Å². The van der Waals surface area contributed by atoms with Crippen molar-refractivity contribution in [2.24, 2.45) is 7.05 Å². The van der Waals surface area contributed by atoms with E-state index in [0.717, 1.165) is 10.6 Å². The van der Waals surface area contributed by atoms with E-state index in [1.54, 1.807) is 16.2 Å². The summed E-state index contributed by atoms with van der Waals surface area (Å²) in [5.41, 5.74) is 0.927. The van der Waals surface area contributed by atoms with Crippen LogP contribution in [0.2, 0.25) is 5.02 Å². The molecule has 0 saturated carbocycles. The van der Waals surface area contributed by atoms with Gasteiger partial charge in [0.2, 0.25) is 0 Å². The van der Waals surface area contributed by atoms with E-state index in [2.05, 4.69) is 0 Å². The van der Waals surface area contributed by atoms with Crippen molar-refractivity contribution in [3.05, 3.63) is 85.3 Å². The van der Waals surface area contributed by atoms with Crippen LogP contribution in [0.5, 0.6) is 0 Å². The van der Waals surface area contributed by atoms with E-state index in [0.29, 0.717) is 13.1 Å². The van der Waals surface area contributed by atoms with Gasteiger partial charge in [0.15, 0.2) is 0 Å². The Bertz CT molecular complexity index is 937. The lowest BCUT2D eigenvalue weighted by Gasteiger charge is -2.23. The molecule has 2 aromatic heterocycles. The molecule has 0 saturated heterocycles. The smallest absolute Gasteiger partial charge is 0.270 e. The SMILES string of the molecule is Cn1cccc1CN(Cc1cccs1)C(=O)c1cc([N+](=O)[O-])ccc1Cl. The number of thiophene rings is 1. The van der Waals surface area contributed by atoms with Gasteiger partial charge in [0.25, 0.3) is 11.6 Å². The third-order valence-electron chi connectivity index (χ3n) is 4.01. The number of rotatable bonds is 6. The fraction of sp³-hybridized carbons (Fsp3) is 0.167. The molecule has 1 amide bonds. The first kappa shape index (κ1) is 18.2. The average Bonchev–Trinajstić information content (AvgIpc) is 3.26. The number of hydrogen-bond donors (Lipinski definition) is 0. The molecule has 3 rings (SSSR count). The molecule has 6 nitrogen and oxygen atoms in total. The van der Waals surface area contributed by atoms with Crippen LogP contribution in [0.1, 0.15) is 20.9 Å². The second-order valence-corrected chi connectivity index (χ2v) is 7.21. The molecular formula is C18H16ClN3O3S. The summed E-state index contributed by atoms with van der Waals surface area (Å²) in [7, 11) is 1.91. The minimum atomic E-state index is -0.534. The highest BCUT2D eigenvalue weighted by molar-refractivity contribution is 7.09. The number of nitro groups is 1. The van der Waals surface area contributed by atoms with Crippen LogP contribution in [0.15, 0.2) is 54.0 Å². The lowest BCUT2D eigenvalue weighted by Crippen LogP contribution is -2.30. The molecule has 8 heteroatoms. The molecule has 0 fully saturated rings.